The van der Waals surface area contributed by atoms with E-state index >= 15 is 0 Å². The van der Waals surface area contributed by atoms with Crippen LogP contribution >= 0.6 is 31.9 Å². The van der Waals surface area contributed by atoms with Gasteiger partial charge in [0.25, 0.3) is 5.91 Å². The van der Waals surface area contributed by atoms with Crippen molar-refractivity contribution in [2.75, 3.05) is 12.4 Å². The topological polar surface area (TPSA) is 87.5 Å². The van der Waals surface area contributed by atoms with E-state index in [9.17, 15) is 14.7 Å². The summed E-state index contributed by atoms with van der Waals surface area (Å²) in [5.74, 6) is -1.69. The summed E-state index contributed by atoms with van der Waals surface area (Å²) < 4.78 is 2.91. The second kappa shape index (κ2) is 9.40. The molecule has 1 amide bonds. The van der Waals surface area contributed by atoms with Crippen molar-refractivity contribution in [3.8, 4) is 0 Å². The number of nitrogens with zero attached hydrogens (tertiary/aromatic N) is 3. The molecule has 0 bridgehead atoms. The number of hydrogen-bond acceptors (Lipinski definition) is 4. The Kier molecular flexibility index (Phi) is 7.13. The Morgan fingerprint density at radius 3 is 2.62 bits per heavy atom. The first-order valence-corrected chi connectivity index (χ1v) is 11.1. The molecule has 0 radical (unpaired) electrons. The predicted molar refractivity (Wildman–Crippen MR) is 118 cm³/mol. The third-order valence-electron chi connectivity index (χ3n) is 5.38. The summed E-state index contributed by atoms with van der Waals surface area (Å²) in [5, 5.41) is 16.2. The minimum Gasteiger partial charge on any atom is -0.478 e. The lowest BCUT2D eigenvalue weighted by Crippen LogP contribution is -2.33. The highest BCUT2D eigenvalue weighted by Crippen LogP contribution is 2.33. The summed E-state index contributed by atoms with van der Waals surface area (Å²) in [4.78, 5) is 26.7. The molecule has 9 heteroatoms. The number of amides is 1. The average molecular weight is 528 g/mol. The fraction of sp³-hybridized carbons (Fsp3) is 0.450. The van der Waals surface area contributed by atoms with Crippen molar-refractivity contribution in [3.63, 3.8) is 0 Å². The maximum atomic E-state index is 12.9. The fourth-order valence-corrected chi connectivity index (χ4v) is 5.26. The first kappa shape index (κ1) is 22.0. The maximum absolute atomic E-state index is 12.9. The highest BCUT2D eigenvalue weighted by atomic mass is 79.9. The van der Waals surface area contributed by atoms with Gasteiger partial charge in [0, 0.05) is 28.6 Å². The summed E-state index contributed by atoms with van der Waals surface area (Å²) in [5.41, 5.74) is 1.48. The lowest BCUT2D eigenvalue weighted by atomic mass is 9.94. The Hall–Kier alpha value is -1.71. The second-order valence-electron chi connectivity index (χ2n) is 7.42. The van der Waals surface area contributed by atoms with Crippen molar-refractivity contribution in [3.05, 3.63) is 44.1 Å². The Morgan fingerprint density at radius 1 is 1.28 bits per heavy atom. The van der Waals surface area contributed by atoms with Gasteiger partial charge < -0.3 is 10.4 Å². The number of halogens is 2. The van der Waals surface area contributed by atoms with Crippen molar-refractivity contribution in [1.29, 1.82) is 0 Å². The molecule has 0 spiro atoms. The number of aromatic carboxylic acids is 1. The van der Waals surface area contributed by atoms with Crippen LogP contribution in [0.2, 0.25) is 0 Å². The largest absolute Gasteiger partial charge is 0.478 e. The van der Waals surface area contributed by atoms with Crippen molar-refractivity contribution < 1.29 is 14.7 Å². The Bertz CT molecular complexity index is 923. The molecule has 3 rings (SSSR count). The summed E-state index contributed by atoms with van der Waals surface area (Å²) in [6.45, 7) is 0.676. The molecule has 2 N–H and O–H groups in total. The number of rotatable bonds is 6. The Labute approximate surface area is 186 Å². The van der Waals surface area contributed by atoms with Gasteiger partial charge in [-0.2, -0.15) is 5.10 Å². The van der Waals surface area contributed by atoms with Gasteiger partial charge >= 0.3 is 5.97 Å². The van der Waals surface area contributed by atoms with Crippen molar-refractivity contribution in [2.45, 2.75) is 44.7 Å². The fourth-order valence-electron chi connectivity index (χ4n) is 3.85. The van der Waals surface area contributed by atoms with Gasteiger partial charge in [0.15, 0.2) is 0 Å². The molecular weight excluding hydrogens is 504 g/mol. The molecule has 0 saturated heterocycles. The van der Waals surface area contributed by atoms with E-state index in [0.29, 0.717) is 18.3 Å². The monoisotopic (exact) mass is 526 g/mol. The van der Waals surface area contributed by atoms with E-state index in [1.807, 2.05) is 12.1 Å². The van der Waals surface area contributed by atoms with Crippen molar-refractivity contribution in [2.24, 2.45) is 7.05 Å². The molecular formula is C20H24Br2N4O3. The van der Waals surface area contributed by atoms with E-state index in [1.165, 1.54) is 43.0 Å². The van der Waals surface area contributed by atoms with Gasteiger partial charge in [-0.15, -0.1) is 0 Å². The number of nitrogens with one attached hydrogen (secondary N) is 1. The van der Waals surface area contributed by atoms with E-state index in [2.05, 4.69) is 54.2 Å². The van der Waals surface area contributed by atoms with Crippen LogP contribution in [-0.2, 0) is 13.6 Å². The first-order valence-electron chi connectivity index (χ1n) is 9.52. The summed E-state index contributed by atoms with van der Waals surface area (Å²) in [6, 6.07) is 4.38. The zero-order chi connectivity index (χ0) is 21.1. The van der Waals surface area contributed by atoms with Crippen LogP contribution in [0.4, 0.5) is 5.69 Å². The van der Waals surface area contributed by atoms with Gasteiger partial charge in [0.2, 0.25) is 0 Å². The molecule has 1 aromatic carbocycles. The van der Waals surface area contributed by atoms with E-state index < -0.39 is 11.9 Å². The van der Waals surface area contributed by atoms with Crippen LogP contribution in [0.3, 0.4) is 0 Å². The molecule has 156 valence electrons. The van der Waals surface area contributed by atoms with Crippen molar-refractivity contribution >= 4 is 49.4 Å². The van der Waals surface area contributed by atoms with Crippen LogP contribution in [-0.4, -0.2) is 44.8 Å². The molecule has 1 heterocycles. The van der Waals surface area contributed by atoms with Crippen LogP contribution < -0.4 is 5.32 Å². The van der Waals surface area contributed by atoms with Gasteiger partial charge in [-0.25, -0.2) is 4.79 Å². The molecule has 0 unspecified atom stereocenters. The quantitative estimate of drug-likeness (QED) is 0.570. The number of aromatic nitrogens is 2. The SMILES string of the molecule is CN(Cc1cc(Br)cc(Br)c1NC(=O)c1c(C(=O)O)cnn1C)C1CCCCC1. The Morgan fingerprint density at radius 2 is 1.97 bits per heavy atom. The average Bonchev–Trinajstić information content (AvgIpc) is 3.07. The van der Waals surface area contributed by atoms with Crippen molar-refractivity contribution in [1.82, 2.24) is 14.7 Å². The number of anilines is 1. The molecule has 1 aliphatic rings. The molecule has 1 aliphatic carbocycles. The van der Waals surface area contributed by atoms with Crippen LogP contribution in [0.25, 0.3) is 0 Å². The van der Waals surface area contributed by atoms with E-state index in [1.54, 1.807) is 7.05 Å². The number of carboxylic acid groups (broad SMARTS) is 1. The third kappa shape index (κ3) is 5.07. The third-order valence-corrected chi connectivity index (χ3v) is 6.46. The highest BCUT2D eigenvalue weighted by Gasteiger charge is 2.24. The number of carbonyl (C=O) groups excluding carboxylic acids is 1. The molecule has 2 aromatic rings. The van der Waals surface area contributed by atoms with Gasteiger partial charge in [-0.05, 0) is 53.5 Å². The second-order valence-corrected chi connectivity index (χ2v) is 9.19. The van der Waals surface area contributed by atoms with Gasteiger partial charge in [0.1, 0.15) is 11.3 Å². The van der Waals surface area contributed by atoms with Gasteiger partial charge in [-0.1, -0.05) is 35.2 Å². The van der Waals surface area contributed by atoms with Crippen LogP contribution in [0.15, 0.2) is 27.3 Å². The molecule has 0 aliphatic heterocycles. The predicted octanol–water partition coefficient (Wildman–Crippen LogP) is 4.66. The number of carboxylic acids is 1. The number of aryl methyl sites for hydroxylation is 1. The number of benzene rings is 1. The Balaban J connectivity index is 1.88. The summed E-state index contributed by atoms with van der Waals surface area (Å²) in [7, 11) is 3.66. The minimum atomic E-state index is -1.18. The maximum Gasteiger partial charge on any atom is 0.339 e. The standard InChI is InChI=1S/C20H24Br2N4O3/c1-25(14-6-4-3-5-7-14)11-12-8-13(21)9-16(22)17(12)24-19(27)18-15(20(28)29)10-23-26(18)2/h8-10,14H,3-7,11H2,1-2H3,(H,24,27)(H,28,29). The van der Waals surface area contributed by atoms with E-state index in [0.717, 1.165) is 14.5 Å². The zero-order valence-electron chi connectivity index (χ0n) is 16.4. The van der Waals surface area contributed by atoms with Crippen LogP contribution in [0, 0.1) is 0 Å². The molecule has 1 saturated carbocycles. The summed E-state index contributed by atoms with van der Waals surface area (Å²) >= 11 is 7.07. The molecule has 1 aromatic heterocycles. The number of hydrogen-bond donors (Lipinski definition) is 2. The van der Waals surface area contributed by atoms with E-state index in [-0.39, 0.29) is 11.3 Å². The van der Waals surface area contributed by atoms with Gasteiger partial charge in [0.05, 0.1) is 11.9 Å². The minimum absolute atomic E-state index is 0.0129. The smallest absolute Gasteiger partial charge is 0.339 e. The molecule has 29 heavy (non-hydrogen) atoms. The first-order chi connectivity index (χ1) is 13.8. The van der Waals surface area contributed by atoms with Gasteiger partial charge in [-0.3, -0.25) is 14.4 Å². The normalized spacial score (nSPS) is 14.9. The molecule has 0 atom stereocenters. The number of carbonyl (C=O) groups is 2. The van der Waals surface area contributed by atoms with Crippen LogP contribution in [0.5, 0.6) is 0 Å². The van der Waals surface area contributed by atoms with E-state index in [4.69, 9.17) is 0 Å². The highest BCUT2D eigenvalue weighted by molar-refractivity contribution is 9.11. The lowest BCUT2D eigenvalue weighted by Gasteiger charge is -2.32. The lowest BCUT2D eigenvalue weighted by molar-refractivity contribution is 0.0692. The molecule has 7 nitrogen and oxygen atoms in total. The zero-order valence-corrected chi connectivity index (χ0v) is 19.6. The molecule has 1 fully saturated rings. The van der Waals surface area contributed by atoms with Crippen LogP contribution in [0.1, 0.15) is 58.5 Å². The summed E-state index contributed by atoms with van der Waals surface area (Å²) in [6.07, 6.45) is 7.35.